The number of allylic oxidation sites excluding steroid dienone is 2. The molecule has 0 radical (unpaired) electrons. The van der Waals surface area contributed by atoms with E-state index >= 15 is 0 Å². The largest absolute Gasteiger partial charge is 0.365 e. The minimum atomic E-state index is 0.219. The highest BCUT2D eigenvalue weighted by atomic mass is 32.1. The van der Waals surface area contributed by atoms with Crippen LogP contribution >= 0.6 is 11.3 Å². The van der Waals surface area contributed by atoms with Crippen LogP contribution in [0.5, 0.6) is 0 Å². The normalized spacial score (nSPS) is 20.4. The quantitative estimate of drug-likeness (QED) is 0.421. The Morgan fingerprint density at radius 1 is 0.946 bits per heavy atom. The molecule has 1 aliphatic carbocycles. The molecule has 0 amide bonds. The summed E-state index contributed by atoms with van der Waals surface area (Å²) in [5, 5.41) is 4.86. The van der Waals surface area contributed by atoms with Gasteiger partial charge in [0.15, 0.2) is 10.9 Å². The molecule has 2 aromatic carbocycles. The minimum Gasteiger partial charge on any atom is -0.365 e. The molecule has 1 fully saturated rings. The lowest BCUT2D eigenvalue weighted by Crippen LogP contribution is -2.47. The van der Waals surface area contributed by atoms with Gasteiger partial charge in [-0.2, -0.15) is 0 Å². The monoisotopic (exact) mass is 513 g/mol. The molecule has 6 nitrogen and oxygen atoms in total. The summed E-state index contributed by atoms with van der Waals surface area (Å²) in [6.45, 7) is 6.31. The summed E-state index contributed by atoms with van der Waals surface area (Å²) in [6.07, 6.45) is 9.19. The molecule has 1 N–H and O–H groups in total. The second-order valence-corrected chi connectivity index (χ2v) is 11.3. The Morgan fingerprint density at radius 2 is 1.76 bits per heavy atom. The highest BCUT2D eigenvalue weighted by molar-refractivity contribution is 7.22. The topological polar surface area (TPSA) is 51.7 Å². The first-order valence-electron chi connectivity index (χ1n) is 13.6. The molecule has 3 heterocycles. The van der Waals surface area contributed by atoms with E-state index < -0.39 is 0 Å². The summed E-state index contributed by atoms with van der Waals surface area (Å²) in [4.78, 5) is 24.3. The molecule has 3 aromatic rings. The van der Waals surface area contributed by atoms with E-state index in [0.717, 1.165) is 74.9 Å². The first-order valence-corrected chi connectivity index (χ1v) is 14.4. The van der Waals surface area contributed by atoms with Crippen molar-refractivity contribution >= 4 is 32.5 Å². The third-order valence-electron chi connectivity index (χ3n) is 7.67. The summed E-state index contributed by atoms with van der Waals surface area (Å²) in [5.74, 6) is 0.236. The van der Waals surface area contributed by atoms with Crippen LogP contribution in [0.15, 0.2) is 78.1 Å². The number of ketones is 1. The second-order valence-electron chi connectivity index (χ2n) is 10.3. The summed E-state index contributed by atoms with van der Waals surface area (Å²) in [6, 6.07) is 19.1. The van der Waals surface area contributed by atoms with Gasteiger partial charge < -0.3 is 15.1 Å². The molecule has 37 heavy (non-hydrogen) atoms. The van der Waals surface area contributed by atoms with Crippen LogP contribution in [0.3, 0.4) is 0 Å². The zero-order chi connectivity index (χ0) is 25.0. The van der Waals surface area contributed by atoms with Crippen LogP contribution in [-0.4, -0.2) is 59.5 Å². The van der Waals surface area contributed by atoms with Gasteiger partial charge in [-0.05, 0) is 55.5 Å². The van der Waals surface area contributed by atoms with E-state index in [1.54, 1.807) is 11.3 Å². The van der Waals surface area contributed by atoms with E-state index in [0.29, 0.717) is 6.42 Å². The van der Waals surface area contributed by atoms with Gasteiger partial charge in [0, 0.05) is 57.1 Å². The number of carbonyl (C=O) groups is 1. The highest BCUT2D eigenvalue weighted by Crippen LogP contribution is 2.30. The SMILES string of the molecule is O=C1C=C2NC(CCCCN3CCN(c4nc5ccccc5s4)CC3)N(Cc3ccccc3)C=C2CC1. The van der Waals surface area contributed by atoms with Gasteiger partial charge >= 0.3 is 0 Å². The van der Waals surface area contributed by atoms with Gasteiger partial charge in [-0.1, -0.05) is 53.8 Å². The number of hydrogen-bond donors (Lipinski definition) is 1. The van der Waals surface area contributed by atoms with Crippen LogP contribution < -0.4 is 10.2 Å². The standard InChI is InChI=1S/C30H35N5OS/c36-25-14-13-24-22-35(21-23-8-2-1-3-9-23)29(31-27(24)20-25)12-6-7-15-33-16-18-34(19-17-33)30-32-26-10-4-5-11-28(26)37-30/h1-5,8-11,20,22,29,31H,6-7,12-19,21H2. The number of para-hydroxylation sites is 1. The molecular formula is C30H35N5OS. The fourth-order valence-electron chi connectivity index (χ4n) is 5.56. The number of thiazole rings is 1. The van der Waals surface area contributed by atoms with Crippen LogP contribution in [-0.2, 0) is 11.3 Å². The Labute approximate surface area is 223 Å². The number of anilines is 1. The van der Waals surface area contributed by atoms with Crippen LogP contribution in [0, 0.1) is 0 Å². The molecule has 0 spiro atoms. The molecule has 1 aromatic heterocycles. The molecule has 6 rings (SSSR count). The van der Waals surface area contributed by atoms with Gasteiger partial charge in [-0.25, -0.2) is 4.98 Å². The minimum absolute atomic E-state index is 0.219. The van der Waals surface area contributed by atoms with Crippen molar-refractivity contribution in [3.05, 3.63) is 83.7 Å². The van der Waals surface area contributed by atoms with Gasteiger partial charge in [-0.3, -0.25) is 9.69 Å². The molecule has 1 unspecified atom stereocenters. The molecule has 2 aliphatic heterocycles. The second kappa shape index (κ2) is 11.1. The maximum atomic E-state index is 12.0. The van der Waals surface area contributed by atoms with Crippen molar-refractivity contribution in [3.8, 4) is 0 Å². The third kappa shape index (κ3) is 5.73. The van der Waals surface area contributed by atoms with Crippen molar-refractivity contribution < 1.29 is 4.79 Å². The Balaban J connectivity index is 1.00. The van der Waals surface area contributed by atoms with E-state index in [-0.39, 0.29) is 11.9 Å². The average molecular weight is 514 g/mol. The van der Waals surface area contributed by atoms with Gasteiger partial charge in [0.1, 0.15) is 0 Å². The first-order chi connectivity index (χ1) is 18.2. The lowest BCUT2D eigenvalue weighted by atomic mass is 9.95. The lowest BCUT2D eigenvalue weighted by molar-refractivity contribution is -0.114. The predicted octanol–water partition coefficient (Wildman–Crippen LogP) is 5.15. The van der Waals surface area contributed by atoms with E-state index in [1.807, 2.05) is 6.08 Å². The Kier molecular flexibility index (Phi) is 7.24. The van der Waals surface area contributed by atoms with Crippen molar-refractivity contribution in [2.75, 3.05) is 37.6 Å². The first kappa shape index (κ1) is 24.2. The Bertz CT molecular complexity index is 1260. The van der Waals surface area contributed by atoms with Crippen molar-refractivity contribution in [1.82, 2.24) is 20.1 Å². The highest BCUT2D eigenvalue weighted by Gasteiger charge is 2.27. The summed E-state index contributed by atoms with van der Waals surface area (Å²) in [7, 11) is 0. The van der Waals surface area contributed by atoms with Crippen LogP contribution in [0.25, 0.3) is 10.2 Å². The van der Waals surface area contributed by atoms with Crippen molar-refractivity contribution in [3.63, 3.8) is 0 Å². The average Bonchev–Trinajstić information content (AvgIpc) is 3.37. The number of hydrogen-bond acceptors (Lipinski definition) is 7. The van der Waals surface area contributed by atoms with Crippen molar-refractivity contribution in [2.45, 2.75) is 44.8 Å². The number of fused-ring (bicyclic) bond motifs is 2. The smallest absolute Gasteiger partial charge is 0.186 e. The molecule has 0 saturated carbocycles. The number of aromatic nitrogens is 1. The van der Waals surface area contributed by atoms with Gasteiger partial charge in [0.2, 0.25) is 0 Å². The number of unbranched alkanes of at least 4 members (excludes halogenated alkanes) is 1. The lowest BCUT2D eigenvalue weighted by Gasteiger charge is -2.39. The van der Waals surface area contributed by atoms with E-state index in [2.05, 4.69) is 80.8 Å². The Hall–Kier alpha value is -3.16. The van der Waals surface area contributed by atoms with Crippen LogP contribution in [0.1, 0.15) is 37.7 Å². The molecular weight excluding hydrogens is 478 g/mol. The number of nitrogens with one attached hydrogen (secondary N) is 1. The van der Waals surface area contributed by atoms with Crippen molar-refractivity contribution in [1.29, 1.82) is 0 Å². The third-order valence-corrected chi connectivity index (χ3v) is 8.77. The number of nitrogens with zero attached hydrogens (tertiary/aromatic N) is 4. The van der Waals surface area contributed by atoms with Crippen LogP contribution in [0.4, 0.5) is 5.13 Å². The summed E-state index contributed by atoms with van der Waals surface area (Å²) < 4.78 is 1.27. The molecule has 7 heteroatoms. The number of benzene rings is 2. The molecule has 3 aliphatic rings. The fourth-order valence-corrected chi connectivity index (χ4v) is 6.58. The maximum absolute atomic E-state index is 12.0. The fraction of sp³-hybridized carbons (Fsp3) is 0.400. The number of carbonyl (C=O) groups excluding carboxylic acids is 1. The number of rotatable bonds is 8. The Morgan fingerprint density at radius 3 is 2.59 bits per heavy atom. The maximum Gasteiger partial charge on any atom is 0.186 e. The summed E-state index contributed by atoms with van der Waals surface area (Å²) in [5.41, 5.74) is 4.73. The zero-order valence-corrected chi connectivity index (χ0v) is 22.1. The molecule has 0 bridgehead atoms. The van der Waals surface area contributed by atoms with E-state index in [9.17, 15) is 4.79 Å². The van der Waals surface area contributed by atoms with Gasteiger partial charge in [0.05, 0.1) is 16.4 Å². The van der Waals surface area contributed by atoms with E-state index in [4.69, 9.17) is 4.98 Å². The predicted molar refractivity (Wildman–Crippen MR) is 151 cm³/mol. The molecule has 1 saturated heterocycles. The van der Waals surface area contributed by atoms with Gasteiger partial charge in [0.25, 0.3) is 0 Å². The summed E-state index contributed by atoms with van der Waals surface area (Å²) >= 11 is 1.81. The molecule has 1 atom stereocenters. The number of piperazine rings is 1. The van der Waals surface area contributed by atoms with E-state index in [1.165, 1.54) is 22.3 Å². The van der Waals surface area contributed by atoms with Crippen molar-refractivity contribution in [2.24, 2.45) is 0 Å². The zero-order valence-electron chi connectivity index (χ0n) is 21.3. The molecule has 192 valence electrons. The van der Waals surface area contributed by atoms with Crippen LogP contribution in [0.2, 0.25) is 0 Å². The van der Waals surface area contributed by atoms with Gasteiger partial charge in [-0.15, -0.1) is 0 Å².